The zero-order valence-corrected chi connectivity index (χ0v) is 11.8. The second-order valence-corrected chi connectivity index (χ2v) is 6.00. The second-order valence-electron chi connectivity index (χ2n) is 4.09. The Morgan fingerprint density at radius 2 is 2.11 bits per heavy atom. The van der Waals surface area contributed by atoms with Crippen LogP contribution in [0.3, 0.4) is 0 Å². The zero-order chi connectivity index (χ0) is 13.6. The van der Waals surface area contributed by atoms with Crippen molar-refractivity contribution in [2.75, 3.05) is 19.6 Å². The molecule has 0 bridgehead atoms. The summed E-state index contributed by atoms with van der Waals surface area (Å²) in [4.78, 5) is 6.87. The number of hydrogen-bond acceptors (Lipinski definition) is 4. The Labute approximate surface area is 109 Å². The number of nitrogens with zero attached hydrogens (tertiary/aromatic N) is 2. The number of nitrogens with one attached hydrogen (secondary N) is 1. The summed E-state index contributed by atoms with van der Waals surface area (Å²) in [5, 5.41) is 0.156. The number of unbranched alkanes of at least 4 members (excludes halogenated alkanes) is 1. The molecular weight excluding hydrogens is 252 g/mol. The average Bonchev–Trinajstić information content (AvgIpc) is 2.83. The summed E-state index contributed by atoms with van der Waals surface area (Å²) in [7, 11) is -3.49. The Kier molecular flexibility index (Phi) is 5.77. The van der Waals surface area contributed by atoms with Crippen LogP contribution in [0.1, 0.15) is 32.5 Å². The molecule has 0 aliphatic heterocycles. The first-order chi connectivity index (χ1) is 8.56. The maximum absolute atomic E-state index is 12.4. The average molecular weight is 274 g/mol. The Morgan fingerprint density at radius 3 is 2.61 bits per heavy atom. The van der Waals surface area contributed by atoms with Crippen LogP contribution in [0.5, 0.6) is 0 Å². The molecule has 0 radical (unpaired) electrons. The molecule has 7 heteroatoms. The summed E-state index contributed by atoms with van der Waals surface area (Å²) in [5.74, 6) is 0.678. The number of imidazole rings is 1. The van der Waals surface area contributed by atoms with E-state index in [1.165, 1.54) is 10.5 Å². The predicted octanol–water partition coefficient (Wildman–Crippen LogP) is 0.722. The lowest BCUT2D eigenvalue weighted by Gasteiger charge is -2.20. The van der Waals surface area contributed by atoms with Crippen LogP contribution >= 0.6 is 0 Å². The van der Waals surface area contributed by atoms with Gasteiger partial charge in [-0.2, -0.15) is 4.31 Å². The van der Waals surface area contributed by atoms with Crippen LogP contribution in [0, 0.1) is 0 Å². The second kappa shape index (κ2) is 6.86. The minimum atomic E-state index is -3.49. The highest BCUT2D eigenvalue weighted by Gasteiger charge is 2.25. The van der Waals surface area contributed by atoms with Gasteiger partial charge < -0.3 is 10.7 Å². The minimum Gasteiger partial charge on any atom is -0.332 e. The lowest BCUT2D eigenvalue weighted by Crippen LogP contribution is -2.36. The van der Waals surface area contributed by atoms with Crippen molar-refractivity contribution in [2.45, 2.75) is 38.1 Å². The van der Waals surface area contributed by atoms with Crippen LogP contribution < -0.4 is 5.73 Å². The third-order valence-electron chi connectivity index (χ3n) is 2.70. The number of aryl methyl sites for hydroxylation is 1. The molecule has 0 amide bonds. The Morgan fingerprint density at radius 1 is 1.39 bits per heavy atom. The summed E-state index contributed by atoms with van der Waals surface area (Å²) in [6, 6.07) is 0. The van der Waals surface area contributed by atoms with Crippen molar-refractivity contribution >= 4 is 10.0 Å². The van der Waals surface area contributed by atoms with Gasteiger partial charge in [0.15, 0.2) is 5.03 Å². The van der Waals surface area contributed by atoms with Gasteiger partial charge in [-0.25, -0.2) is 13.4 Å². The molecule has 0 saturated carbocycles. The van der Waals surface area contributed by atoms with Crippen LogP contribution in [0.15, 0.2) is 11.2 Å². The molecule has 1 rings (SSSR count). The van der Waals surface area contributed by atoms with Gasteiger partial charge >= 0.3 is 0 Å². The van der Waals surface area contributed by atoms with E-state index in [0.29, 0.717) is 31.9 Å². The highest BCUT2D eigenvalue weighted by molar-refractivity contribution is 7.89. The lowest BCUT2D eigenvalue weighted by molar-refractivity contribution is 0.408. The molecule has 0 unspecified atom stereocenters. The van der Waals surface area contributed by atoms with Gasteiger partial charge in [-0.05, 0) is 6.42 Å². The molecule has 1 aromatic rings. The van der Waals surface area contributed by atoms with Crippen molar-refractivity contribution in [3.05, 3.63) is 12.0 Å². The van der Waals surface area contributed by atoms with E-state index in [9.17, 15) is 8.42 Å². The fourth-order valence-electron chi connectivity index (χ4n) is 1.62. The molecule has 104 valence electrons. The fraction of sp³-hybridized carbons (Fsp3) is 0.727. The van der Waals surface area contributed by atoms with Gasteiger partial charge in [0.25, 0.3) is 10.0 Å². The number of hydrogen-bond donors (Lipinski definition) is 2. The molecule has 3 N–H and O–H groups in total. The first-order valence-corrected chi connectivity index (χ1v) is 7.74. The van der Waals surface area contributed by atoms with Gasteiger partial charge in [-0.15, -0.1) is 0 Å². The van der Waals surface area contributed by atoms with Crippen molar-refractivity contribution in [3.63, 3.8) is 0 Å². The third-order valence-corrected chi connectivity index (χ3v) is 4.51. The summed E-state index contributed by atoms with van der Waals surface area (Å²) in [6.45, 7) is 5.10. The number of rotatable bonds is 8. The maximum atomic E-state index is 12.4. The van der Waals surface area contributed by atoms with Gasteiger partial charge in [0, 0.05) is 26.1 Å². The summed E-state index contributed by atoms with van der Waals surface area (Å²) >= 11 is 0. The van der Waals surface area contributed by atoms with Crippen molar-refractivity contribution in [1.82, 2.24) is 14.3 Å². The molecule has 1 heterocycles. The highest BCUT2D eigenvalue weighted by Crippen LogP contribution is 2.14. The van der Waals surface area contributed by atoms with E-state index in [2.05, 4.69) is 9.97 Å². The SMILES string of the molecule is CCCCN(CCN)S(=O)(=O)c1cnc(CC)[nH]1. The monoisotopic (exact) mass is 274 g/mol. The van der Waals surface area contributed by atoms with Crippen LogP contribution in [0.25, 0.3) is 0 Å². The van der Waals surface area contributed by atoms with Crippen LogP contribution in [-0.4, -0.2) is 42.3 Å². The molecule has 0 aliphatic carbocycles. The molecule has 1 aromatic heterocycles. The molecule has 0 saturated heterocycles. The van der Waals surface area contributed by atoms with E-state index in [0.717, 1.165) is 12.8 Å². The van der Waals surface area contributed by atoms with Gasteiger partial charge in [0.2, 0.25) is 0 Å². The van der Waals surface area contributed by atoms with Gasteiger partial charge in [-0.1, -0.05) is 20.3 Å². The lowest BCUT2D eigenvalue weighted by atomic mass is 10.3. The molecule has 18 heavy (non-hydrogen) atoms. The Hall–Kier alpha value is -0.920. The molecule has 0 spiro atoms. The van der Waals surface area contributed by atoms with E-state index in [1.54, 1.807) is 0 Å². The quantitative estimate of drug-likeness (QED) is 0.730. The number of aromatic nitrogens is 2. The largest absolute Gasteiger partial charge is 0.332 e. The van der Waals surface area contributed by atoms with Crippen LogP contribution in [0.4, 0.5) is 0 Å². The minimum absolute atomic E-state index is 0.156. The molecular formula is C11H22N4O2S. The smallest absolute Gasteiger partial charge is 0.260 e. The van der Waals surface area contributed by atoms with Crippen molar-refractivity contribution in [3.8, 4) is 0 Å². The standard InChI is InChI=1S/C11H22N4O2S/c1-3-5-7-15(8-6-12)18(16,17)11-9-13-10(4-2)14-11/h9H,3-8,12H2,1-2H3,(H,13,14). The van der Waals surface area contributed by atoms with Crippen molar-refractivity contribution in [1.29, 1.82) is 0 Å². The predicted molar refractivity (Wildman–Crippen MR) is 70.7 cm³/mol. The van der Waals surface area contributed by atoms with E-state index >= 15 is 0 Å². The Balaban J connectivity index is 2.92. The van der Waals surface area contributed by atoms with Gasteiger partial charge in [0.1, 0.15) is 5.82 Å². The third kappa shape index (κ3) is 3.54. The first kappa shape index (κ1) is 15.1. The number of aromatic amines is 1. The van der Waals surface area contributed by atoms with E-state index in [1.807, 2.05) is 13.8 Å². The summed E-state index contributed by atoms with van der Waals surface area (Å²) < 4.78 is 26.1. The van der Waals surface area contributed by atoms with Crippen LogP contribution in [-0.2, 0) is 16.4 Å². The summed E-state index contributed by atoms with van der Waals surface area (Å²) in [6.07, 6.45) is 3.83. The summed E-state index contributed by atoms with van der Waals surface area (Å²) in [5.41, 5.74) is 5.48. The topological polar surface area (TPSA) is 92.1 Å². The van der Waals surface area contributed by atoms with Crippen molar-refractivity contribution in [2.24, 2.45) is 5.73 Å². The molecule has 0 atom stereocenters. The molecule has 0 aromatic carbocycles. The molecule has 0 aliphatic rings. The number of nitrogens with two attached hydrogens (primary N) is 1. The van der Waals surface area contributed by atoms with E-state index < -0.39 is 10.0 Å². The maximum Gasteiger partial charge on any atom is 0.260 e. The van der Waals surface area contributed by atoms with Gasteiger partial charge in [0.05, 0.1) is 6.20 Å². The van der Waals surface area contributed by atoms with Crippen LogP contribution in [0.2, 0.25) is 0 Å². The molecule has 0 fully saturated rings. The Bertz CT molecular complexity index is 455. The van der Waals surface area contributed by atoms with Gasteiger partial charge in [-0.3, -0.25) is 0 Å². The normalized spacial score (nSPS) is 12.2. The molecule has 6 nitrogen and oxygen atoms in total. The van der Waals surface area contributed by atoms with E-state index in [-0.39, 0.29) is 5.03 Å². The zero-order valence-electron chi connectivity index (χ0n) is 11.0. The fourth-order valence-corrected chi connectivity index (χ4v) is 3.05. The van der Waals surface area contributed by atoms with Crippen molar-refractivity contribution < 1.29 is 8.42 Å². The first-order valence-electron chi connectivity index (χ1n) is 6.30. The number of sulfonamides is 1. The van der Waals surface area contributed by atoms with E-state index in [4.69, 9.17) is 5.73 Å². The highest BCUT2D eigenvalue weighted by atomic mass is 32.2. The number of H-pyrrole nitrogens is 1.